The fourth-order valence-electron chi connectivity index (χ4n) is 0.712. The number of pyridine rings is 1. The number of hydrogen-bond acceptors (Lipinski definition) is 2. The highest BCUT2D eigenvalue weighted by molar-refractivity contribution is 5.56. The van der Waals surface area contributed by atoms with E-state index in [1.165, 1.54) is 0 Å². The summed E-state index contributed by atoms with van der Waals surface area (Å²) in [5, 5.41) is 0. The molecule has 0 spiro atoms. The van der Waals surface area contributed by atoms with Crippen molar-refractivity contribution in [1.82, 2.24) is 4.98 Å². The average molecular weight is 134 g/mol. The number of nitrogens with two attached hydrogens (primary N) is 1. The van der Waals surface area contributed by atoms with E-state index in [-0.39, 0.29) is 0 Å². The molecule has 0 saturated carbocycles. The maximum atomic E-state index is 5.43. The van der Waals surface area contributed by atoms with E-state index >= 15 is 0 Å². The zero-order valence-corrected chi connectivity index (χ0v) is 5.96. The first-order valence-corrected chi connectivity index (χ1v) is 3.07. The SMILES string of the molecule is C=C(N)c1cc(C)ccn1. The summed E-state index contributed by atoms with van der Waals surface area (Å²) >= 11 is 0. The minimum atomic E-state index is 0.517. The van der Waals surface area contributed by atoms with Crippen LogP contribution in [0.25, 0.3) is 5.70 Å². The van der Waals surface area contributed by atoms with Gasteiger partial charge in [0, 0.05) is 6.20 Å². The van der Waals surface area contributed by atoms with Gasteiger partial charge in [-0.25, -0.2) is 0 Å². The maximum absolute atomic E-state index is 5.43. The number of aryl methyl sites for hydroxylation is 1. The lowest BCUT2D eigenvalue weighted by Gasteiger charge is -1.97. The average Bonchev–Trinajstić information content (AvgIpc) is 1.88. The molecule has 0 radical (unpaired) electrons. The molecule has 1 aromatic heterocycles. The van der Waals surface area contributed by atoms with Gasteiger partial charge >= 0.3 is 0 Å². The molecule has 0 aliphatic rings. The maximum Gasteiger partial charge on any atom is 0.0855 e. The van der Waals surface area contributed by atoms with Gasteiger partial charge in [-0.15, -0.1) is 0 Å². The standard InChI is InChI=1S/C8H10N2/c1-6-3-4-10-8(5-6)7(2)9/h3-5H,2,9H2,1H3. The number of rotatable bonds is 1. The summed E-state index contributed by atoms with van der Waals surface area (Å²) < 4.78 is 0. The van der Waals surface area contributed by atoms with E-state index in [4.69, 9.17) is 5.73 Å². The molecular weight excluding hydrogens is 124 g/mol. The van der Waals surface area contributed by atoms with E-state index < -0.39 is 0 Å². The number of hydrogen-bond donors (Lipinski definition) is 1. The van der Waals surface area contributed by atoms with Crippen molar-refractivity contribution < 1.29 is 0 Å². The molecule has 0 saturated heterocycles. The fraction of sp³-hybridized carbons (Fsp3) is 0.125. The van der Waals surface area contributed by atoms with E-state index in [2.05, 4.69) is 11.6 Å². The first kappa shape index (κ1) is 6.81. The Labute approximate surface area is 60.4 Å². The van der Waals surface area contributed by atoms with Crippen LogP contribution in [0.3, 0.4) is 0 Å². The van der Waals surface area contributed by atoms with Crippen LogP contribution in [0, 0.1) is 6.92 Å². The molecule has 0 aromatic carbocycles. The molecule has 0 aliphatic carbocycles. The van der Waals surface area contributed by atoms with Crippen molar-refractivity contribution in [1.29, 1.82) is 0 Å². The quantitative estimate of drug-likeness (QED) is 0.629. The lowest BCUT2D eigenvalue weighted by Crippen LogP contribution is -1.96. The Balaban J connectivity index is 3.07. The van der Waals surface area contributed by atoms with E-state index in [0.717, 1.165) is 11.3 Å². The first-order chi connectivity index (χ1) is 4.70. The van der Waals surface area contributed by atoms with Crippen LogP contribution in [0.1, 0.15) is 11.3 Å². The van der Waals surface area contributed by atoms with Crippen molar-refractivity contribution in [3.63, 3.8) is 0 Å². The molecule has 0 bridgehead atoms. The van der Waals surface area contributed by atoms with Crippen molar-refractivity contribution in [3.05, 3.63) is 36.2 Å². The molecule has 52 valence electrons. The third kappa shape index (κ3) is 1.35. The molecule has 0 aliphatic heterocycles. The van der Waals surface area contributed by atoms with Gasteiger partial charge < -0.3 is 5.73 Å². The normalized spacial score (nSPS) is 9.30. The molecule has 2 N–H and O–H groups in total. The van der Waals surface area contributed by atoms with Crippen LogP contribution in [0.5, 0.6) is 0 Å². The third-order valence-electron chi connectivity index (χ3n) is 1.24. The monoisotopic (exact) mass is 134 g/mol. The van der Waals surface area contributed by atoms with E-state index in [1.807, 2.05) is 19.1 Å². The Kier molecular flexibility index (Phi) is 1.71. The largest absolute Gasteiger partial charge is 0.397 e. The molecule has 0 unspecified atom stereocenters. The van der Waals surface area contributed by atoms with Crippen LogP contribution in [0.15, 0.2) is 24.9 Å². The molecule has 0 fully saturated rings. The zero-order chi connectivity index (χ0) is 7.56. The third-order valence-corrected chi connectivity index (χ3v) is 1.24. The highest BCUT2D eigenvalue weighted by atomic mass is 14.7. The van der Waals surface area contributed by atoms with Crippen molar-refractivity contribution in [2.75, 3.05) is 0 Å². The van der Waals surface area contributed by atoms with Gasteiger partial charge in [0.05, 0.1) is 11.4 Å². The molecule has 0 amide bonds. The Hall–Kier alpha value is -1.31. The van der Waals surface area contributed by atoms with Crippen molar-refractivity contribution in [2.45, 2.75) is 6.92 Å². The summed E-state index contributed by atoms with van der Waals surface area (Å²) in [6.45, 7) is 5.58. The van der Waals surface area contributed by atoms with Crippen LogP contribution in [0.4, 0.5) is 0 Å². The summed E-state index contributed by atoms with van der Waals surface area (Å²) in [6.07, 6.45) is 1.72. The second-order valence-corrected chi connectivity index (χ2v) is 2.24. The molecular formula is C8H10N2. The smallest absolute Gasteiger partial charge is 0.0855 e. The molecule has 1 aromatic rings. The minimum absolute atomic E-state index is 0.517. The fourth-order valence-corrected chi connectivity index (χ4v) is 0.712. The Morgan fingerprint density at radius 3 is 2.80 bits per heavy atom. The van der Waals surface area contributed by atoms with Crippen LogP contribution in [0.2, 0.25) is 0 Å². The summed E-state index contributed by atoms with van der Waals surface area (Å²) in [6, 6.07) is 3.83. The van der Waals surface area contributed by atoms with Gasteiger partial charge in [-0.3, -0.25) is 4.98 Å². The predicted octanol–water partition coefficient (Wildman–Crippen LogP) is 1.32. The molecule has 2 nitrogen and oxygen atoms in total. The summed E-state index contributed by atoms with van der Waals surface area (Å²) in [7, 11) is 0. The van der Waals surface area contributed by atoms with Gasteiger partial charge in [0.25, 0.3) is 0 Å². The van der Waals surface area contributed by atoms with Crippen LogP contribution in [-0.4, -0.2) is 4.98 Å². The zero-order valence-electron chi connectivity index (χ0n) is 5.96. The number of nitrogens with zero attached hydrogens (tertiary/aromatic N) is 1. The van der Waals surface area contributed by atoms with Crippen LogP contribution >= 0.6 is 0 Å². The van der Waals surface area contributed by atoms with Crippen molar-refractivity contribution in [2.24, 2.45) is 5.73 Å². The Bertz CT molecular complexity index is 253. The van der Waals surface area contributed by atoms with Crippen LogP contribution in [-0.2, 0) is 0 Å². The van der Waals surface area contributed by atoms with Gasteiger partial charge in [0.1, 0.15) is 0 Å². The second kappa shape index (κ2) is 2.52. The van der Waals surface area contributed by atoms with E-state index in [9.17, 15) is 0 Å². The second-order valence-electron chi connectivity index (χ2n) is 2.24. The first-order valence-electron chi connectivity index (χ1n) is 3.07. The van der Waals surface area contributed by atoms with Gasteiger partial charge in [-0.05, 0) is 24.6 Å². The molecule has 1 rings (SSSR count). The van der Waals surface area contributed by atoms with Crippen molar-refractivity contribution in [3.8, 4) is 0 Å². The topological polar surface area (TPSA) is 38.9 Å². The lowest BCUT2D eigenvalue weighted by atomic mass is 10.2. The highest BCUT2D eigenvalue weighted by Gasteiger charge is 1.92. The van der Waals surface area contributed by atoms with Gasteiger partial charge in [0.2, 0.25) is 0 Å². The molecule has 2 heteroatoms. The van der Waals surface area contributed by atoms with Gasteiger partial charge in [-0.2, -0.15) is 0 Å². The minimum Gasteiger partial charge on any atom is -0.397 e. The summed E-state index contributed by atoms with van der Waals surface area (Å²) in [5.74, 6) is 0. The van der Waals surface area contributed by atoms with E-state index in [0.29, 0.717) is 5.70 Å². The predicted molar refractivity (Wildman–Crippen MR) is 42.2 cm³/mol. The summed E-state index contributed by atoms with van der Waals surface area (Å²) in [5.41, 5.74) is 7.86. The summed E-state index contributed by atoms with van der Waals surface area (Å²) in [4.78, 5) is 4.01. The molecule has 10 heavy (non-hydrogen) atoms. The Morgan fingerprint density at radius 1 is 1.70 bits per heavy atom. The van der Waals surface area contributed by atoms with Crippen LogP contribution < -0.4 is 5.73 Å². The van der Waals surface area contributed by atoms with Gasteiger partial charge in [-0.1, -0.05) is 6.58 Å². The Morgan fingerprint density at radius 2 is 2.40 bits per heavy atom. The molecule has 0 atom stereocenters. The highest BCUT2D eigenvalue weighted by Crippen LogP contribution is 2.04. The molecule has 1 heterocycles. The van der Waals surface area contributed by atoms with Gasteiger partial charge in [0.15, 0.2) is 0 Å². The number of aromatic nitrogens is 1. The lowest BCUT2D eigenvalue weighted by molar-refractivity contribution is 1.23. The van der Waals surface area contributed by atoms with E-state index in [1.54, 1.807) is 6.20 Å². The van der Waals surface area contributed by atoms with Crippen molar-refractivity contribution >= 4 is 5.70 Å².